The number of hydrogen-bond acceptors (Lipinski definition) is 3. The van der Waals surface area contributed by atoms with Gasteiger partial charge in [0.25, 0.3) is 0 Å². The second-order valence-corrected chi connectivity index (χ2v) is 23.4. The van der Waals surface area contributed by atoms with Crippen LogP contribution in [0.25, 0.3) is 0 Å². The summed E-state index contributed by atoms with van der Waals surface area (Å²) in [4.78, 5) is 11.8. The van der Waals surface area contributed by atoms with Crippen LogP contribution in [0.15, 0.2) is 172 Å². The first-order valence-electron chi connectivity index (χ1n) is 22.3. The monoisotopic (exact) mass is 833 g/mol. The van der Waals surface area contributed by atoms with Crippen LogP contribution in [0.4, 0.5) is 51.2 Å². The van der Waals surface area contributed by atoms with Crippen molar-refractivity contribution < 1.29 is 0 Å². The van der Waals surface area contributed by atoms with Crippen molar-refractivity contribution in [2.24, 2.45) is 0 Å². The van der Waals surface area contributed by atoms with E-state index in [-0.39, 0.29) is 21.7 Å². The molecule has 7 aromatic carbocycles. The summed E-state index contributed by atoms with van der Waals surface area (Å²) in [6.45, 7) is 27.9. The second kappa shape index (κ2) is 15.0. The number of thiol groups is 1. The molecule has 0 saturated heterocycles. The van der Waals surface area contributed by atoms with Crippen molar-refractivity contribution in [3.8, 4) is 0 Å². The van der Waals surface area contributed by atoms with Crippen molar-refractivity contribution in [1.82, 2.24) is 0 Å². The number of para-hydroxylation sites is 2. The predicted molar refractivity (Wildman–Crippen MR) is 269 cm³/mol. The Balaban J connectivity index is 1.43. The minimum atomic E-state index is -1.00. The van der Waals surface area contributed by atoms with Gasteiger partial charge in [-0.2, -0.15) is 10.9 Å². The third kappa shape index (κ3) is 7.41. The molecule has 0 fully saturated rings. The lowest BCUT2D eigenvalue weighted by molar-refractivity contribution is 0.588. The van der Waals surface area contributed by atoms with Crippen LogP contribution in [0.3, 0.4) is 0 Å². The van der Waals surface area contributed by atoms with Gasteiger partial charge >= 0.3 is 0 Å². The summed E-state index contributed by atoms with van der Waals surface area (Å²) in [5.41, 5.74) is 16.0. The number of fused-ring (bicyclic) bond motifs is 4. The van der Waals surface area contributed by atoms with Crippen molar-refractivity contribution in [3.63, 3.8) is 0 Å². The van der Waals surface area contributed by atoms with Gasteiger partial charge in [-0.05, 0) is 129 Å². The van der Waals surface area contributed by atoms with E-state index in [2.05, 4.69) is 256 Å². The standard InChI is InChI=1S/C58H63N3S/c1-55(2,3)39-23-29-45(30-24-39)60-48-33-27-41(57(7,8)9)35-52(48)62-53-36-42(58(10,11)12)28-34-49(53)61(46-31-25-40(26-32-46)56(4,5)6)51-38-47(37-50(60)54(51)62)59(43-19-15-13-16-20-43)44-21-17-14-18-22-44/h13-38,62H,1-12H3. The normalized spacial score (nSPS) is 14.3. The Morgan fingerprint density at radius 1 is 0.339 bits per heavy atom. The first-order valence-corrected chi connectivity index (χ1v) is 23.6. The molecule has 0 radical (unpaired) electrons. The molecule has 62 heavy (non-hydrogen) atoms. The zero-order valence-corrected chi connectivity index (χ0v) is 39.7. The summed E-state index contributed by atoms with van der Waals surface area (Å²) in [6.07, 6.45) is 0. The molecule has 2 heterocycles. The summed E-state index contributed by atoms with van der Waals surface area (Å²) in [5.74, 6) is 0. The molecule has 4 heteroatoms. The molecule has 7 aromatic rings. The minimum Gasteiger partial charge on any atom is -0.310 e. The average molecular weight is 834 g/mol. The van der Waals surface area contributed by atoms with Crippen LogP contribution in [-0.2, 0) is 21.7 Å². The molecule has 0 bridgehead atoms. The van der Waals surface area contributed by atoms with E-state index in [4.69, 9.17) is 0 Å². The quantitative estimate of drug-likeness (QED) is 0.173. The Morgan fingerprint density at radius 3 is 1.02 bits per heavy atom. The Kier molecular flexibility index (Phi) is 10.1. The largest absolute Gasteiger partial charge is 0.310 e. The van der Waals surface area contributed by atoms with Gasteiger partial charge in [-0.1, -0.05) is 156 Å². The number of benzene rings is 7. The third-order valence-electron chi connectivity index (χ3n) is 12.7. The number of hydrogen-bond donors (Lipinski definition) is 1. The van der Waals surface area contributed by atoms with Gasteiger partial charge in [0, 0.05) is 37.4 Å². The number of nitrogens with zero attached hydrogens (tertiary/aromatic N) is 3. The number of rotatable bonds is 5. The maximum Gasteiger partial charge on any atom is 0.0629 e. The molecule has 0 unspecified atom stereocenters. The highest BCUT2D eigenvalue weighted by atomic mass is 32.2. The van der Waals surface area contributed by atoms with Gasteiger partial charge in [0.2, 0.25) is 0 Å². The fourth-order valence-electron chi connectivity index (χ4n) is 9.01. The van der Waals surface area contributed by atoms with E-state index in [1.54, 1.807) is 0 Å². The zero-order valence-electron chi connectivity index (χ0n) is 38.8. The van der Waals surface area contributed by atoms with Crippen molar-refractivity contribution in [2.45, 2.75) is 119 Å². The van der Waals surface area contributed by atoms with Crippen molar-refractivity contribution in [3.05, 3.63) is 180 Å². The molecule has 0 aromatic heterocycles. The zero-order chi connectivity index (χ0) is 43.9. The van der Waals surface area contributed by atoms with Crippen LogP contribution in [0.2, 0.25) is 0 Å². The summed E-state index contributed by atoms with van der Waals surface area (Å²) < 4.78 is 0. The fourth-order valence-corrected chi connectivity index (χ4v) is 11.9. The van der Waals surface area contributed by atoms with E-state index in [0.717, 1.165) is 28.4 Å². The van der Waals surface area contributed by atoms with Crippen molar-refractivity contribution in [2.75, 3.05) is 14.7 Å². The molecule has 0 saturated carbocycles. The van der Waals surface area contributed by atoms with Crippen LogP contribution in [-0.4, -0.2) is 0 Å². The van der Waals surface area contributed by atoms with Gasteiger partial charge in [-0.25, -0.2) is 0 Å². The molecule has 9 rings (SSSR count). The fraction of sp³-hybridized carbons (Fsp3) is 0.276. The lowest BCUT2D eigenvalue weighted by Crippen LogP contribution is -2.26. The van der Waals surface area contributed by atoms with E-state index in [9.17, 15) is 0 Å². The maximum atomic E-state index is 2.57. The Labute approximate surface area is 374 Å². The highest BCUT2D eigenvalue weighted by Crippen LogP contribution is 2.72. The Morgan fingerprint density at radius 2 is 0.677 bits per heavy atom. The summed E-state index contributed by atoms with van der Waals surface area (Å²) >= 11 is 0. The lowest BCUT2D eigenvalue weighted by atomic mass is 9.86. The van der Waals surface area contributed by atoms with E-state index in [1.807, 2.05) is 0 Å². The minimum absolute atomic E-state index is 0.0188. The molecule has 316 valence electrons. The maximum absolute atomic E-state index is 2.57. The Hall–Kier alpha value is -5.71. The summed E-state index contributed by atoms with van der Waals surface area (Å²) in [6, 6.07) is 60.1. The van der Waals surface area contributed by atoms with Gasteiger partial charge in [0.1, 0.15) is 0 Å². The molecular weight excluding hydrogens is 771 g/mol. The predicted octanol–water partition coefficient (Wildman–Crippen LogP) is 17.4. The van der Waals surface area contributed by atoms with Crippen LogP contribution in [0.1, 0.15) is 105 Å². The molecule has 0 atom stereocenters. The van der Waals surface area contributed by atoms with E-state index < -0.39 is 10.9 Å². The Bertz CT molecular complexity index is 2570. The SMILES string of the molecule is CC(C)(C)c1ccc(N2c3ccc(C(C)(C)C)cc3[SH]3c4cc(C(C)(C)C)ccc4N(c4ccc(C(C)(C)C)cc4)c4cc(N(c5ccccc5)c5ccccc5)cc2c43)cc1. The van der Waals surface area contributed by atoms with Crippen molar-refractivity contribution in [1.29, 1.82) is 0 Å². The molecule has 0 amide bonds. The molecule has 3 nitrogen and oxygen atoms in total. The van der Waals surface area contributed by atoms with E-state index in [1.165, 1.54) is 59.7 Å². The van der Waals surface area contributed by atoms with E-state index >= 15 is 0 Å². The third-order valence-corrected chi connectivity index (χ3v) is 15.3. The molecular formula is C58H63N3S. The first-order chi connectivity index (χ1) is 29.3. The molecule has 0 aliphatic carbocycles. The second-order valence-electron chi connectivity index (χ2n) is 21.3. The molecule has 0 N–H and O–H groups in total. The molecule has 2 aliphatic rings. The van der Waals surface area contributed by atoms with Crippen LogP contribution >= 0.6 is 10.9 Å². The highest BCUT2D eigenvalue weighted by Gasteiger charge is 2.41. The first kappa shape index (κ1) is 41.6. The van der Waals surface area contributed by atoms with Gasteiger partial charge in [-0.15, -0.1) is 0 Å². The molecule has 0 spiro atoms. The highest BCUT2D eigenvalue weighted by molar-refractivity contribution is 8.17. The number of anilines is 9. The topological polar surface area (TPSA) is 9.72 Å². The molecule has 2 aliphatic heterocycles. The van der Waals surface area contributed by atoms with Crippen molar-refractivity contribution >= 4 is 62.1 Å². The van der Waals surface area contributed by atoms with Crippen LogP contribution in [0, 0.1) is 0 Å². The van der Waals surface area contributed by atoms with E-state index in [0.29, 0.717) is 0 Å². The van der Waals surface area contributed by atoms with Crippen LogP contribution < -0.4 is 14.7 Å². The van der Waals surface area contributed by atoms with Crippen LogP contribution in [0.5, 0.6) is 0 Å². The van der Waals surface area contributed by atoms with Gasteiger partial charge in [-0.3, -0.25) is 0 Å². The average Bonchev–Trinajstić information content (AvgIpc) is 3.23. The van der Waals surface area contributed by atoms with Gasteiger partial charge in [0.05, 0.1) is 28.4 Å². The lowest BCUT2D eigenvalue weighted by Gasteiger charge is -2.48. The summed E-state index contributed by atoms with van der Waals surface area (Å²) in [7, 11) is -1.00. The van der Waals surface area contributed by atoms with Gasteiger partial charge < -0.3 is 14.7 Å². The summed E-state index contributed by atoms with van der Waals surface area (Å²) in [5, 5.41) is 0. The smallest absolute Gasteiger partial charge is 0.0629 e. The van der Waals surface area contributed by atoms with Gasteiger partial charge in [0.15, 0.2) is 0 Å².